The van der Waals surface area contributed by atoms with Crippen molar-refractivity contribution >= 4 is 60.2 Å². The number of nitriles is 1. The number of rotatable bonds is 11. The largest absolute Gasteiger partial charge is 0.393 e. The van der Waals surface area contributed by atoms with Gasteiger partial charge in [-0.1, -0.05) is 6.07 Å². The number of halogens is 3. The fourth-order valence-electron chi connectivity index (χ4n) is 7.59. The second-order valence-corrected chi connectivity index (χ2v) is 17.6. The van der Waals surface area contributed by atoms with Gasteiger partial charge in [0.1, 0.15) is 28.5 Å². The van der Waals surface area contributed by atoms with Crippen LogP contribution in [0.2, 0.25) is 0 Å². The molecule has 18 heteroatoms. The number of thiophene rings is 1. The van der Waals surface area contributed by atoms with Crippen LogP contribution in [0.25, 0.3) is 21.1 Å². The van der Waals surface area contributed by atoms with Crippen LogP contribution in [0.4, 0.5) is 24.9 Å². The highest BCUT2D eigenvalue weighted by Crippen LogP contribution is 2.35. The van der Waals surface area contributed by atoms with Gasteiger partial charge in [0, 0.05) is 94.8 Å². The first kappa shape index (κ1) is 39.7. The van der Waals surface area contributed by atoms with Gasteiger partial charge in [-0.05, 0) is 56.0 Å². The van der Waals surface area contributed by atoms with E-state index in [1.807, 2.05) is 17.6 Å². The maximum atomic E-state index is 13.1. The predicted molar refractivity (Wildman–Crippen MR) is 205 cm³/mol. The van der Waals surface area contributed by atoms with Crippen LogP contribution in [0.3, 0.4) is 0 Å². The number of carbonyl (C=O) groups excluding carboxylic acids is 1. The quantitative estimate of drug-likeness (QED) is 0.224. The van der Waals surface area contributed by atoms with Gasteiger partial charge < -0.3 is 20.1 Å². The van der Waals surface area contributed by atoms with Crippen LogP contribution in [-0.2, 0) is 34.3 Å². The third kappa shape index (κ3) is 8.60. The van der Waals surface area contributed by atoms with Crippen LogP contribution < -0.4 is 10.6 Å². The highest BCUT2D eigenvalue weighted by Gasteiger charge is 2.39. The molecule has 0 bridgehead atoms. The molecule has 1 aromatic carbocycles. The van der Waals surface area contributed by atoms with Crippen molar-refractivity contribution in [1.29, 1.82) is 5.26 Å². The summed E-state index contributed by atoms with van der Waals surface area (Å²) in [5.74, 6) is 0.633. The zero-order chi connectivity index (χ0) is 39.1. The van der Waals surface area contributed by atoms with Gasteiger partial charge >= 0.3 is 6.18 Å². The highest BCUT2D eigenvalue weighted by atomic mass is 32.2. The molecule has 2 aliphatic rings. The van der Waals surface area contributed by atoms with E-state index in [0.717, 1.165) is 72.1 Å². The summed E-state index contributed by atoms with van der Waals surface area (Å²) in [6.07, 6.45) is -2.51. The fourth-order valence-corrected chi connectivity index (χ4v) is 9.68. The number of hydrogen-bond acceptors (Lipinski definition) is 11. The lowest BCUT2D eigenvalue weighted by atomic mass is 10.0. The van der Waals surface area contributed by atoms with Crippen molar-refractivity contribution < 1.29 is 26.4 Å². The molecule has 0 radical (unpaired) electrons. The van der Waals surface area contributed by atoms with Crippen LogP contribution in [0.15, 0.2) is 24.3 Å². The molecule has 2 fully saturated rings. The molecule has 6 rings (SSSR count). The molecule has 4 aromatic rings. The molecule has 13 nitrogen and oxygen atoms in total. The van der Waals surface area contributed by atoms with Crippen molar-refractivity contribution in [3.05, 3.63) is 46.0 Å². The molecule has 5 heterocycles. The zero-order valence-electron chi connectivity index (χ0n) is 31.4. The Labute approximate surface area is 317 Å². The first-order valence-electron chi connectivity index (χ1n) is 17.9. The molecule has 292 valence electrons. The second-order valence-electron chi connectivity index (χ2n) is 14.6. The van der Waals surface area contributed by atoms with E-state index in [-0.39, 0.29) is 36.0 Å². The molecular formula is C36H47F3N10O3S2. The summed E-state index contributed by atoms with van der Waals surface area (Å²) in [4.78, 5) is 28.6. The van der Waals surface area contributed by atoms with E-state index >= 15 is 0 Å². The van der Waals surface area contributed by atoms with E-state index in [2.05, 4.69) is 55.5 Å². The Hall–Kier alpha value is -4.02. The number of carbonyl (C=O) groups is 1. The number of aromatic nitrogens is 3. The predicted octanol–water partition coefficient (Wildman–Crippen LogP) is 4.47. The Morgan fingerprint density at radius 1 is 1.13 bits per heavy atom. The number of likely N-dealkylation sites (tertiary alicyclic amines) is 1. The molecule has 2 N–H and O–H groups in total. The summed E-state index contributed by atoms with van der Waals surface area (Å²) < 4.78 is 67.6. The van der Waals surface area contributed by atoms with E-state index in [9.17, 15) is 31.6 Å². The number of piperidine rings is 1. The van der Waals surface area contributed by atoms with Crippen molar-refractivity contribution in [2.75, 3.05) is 70.8 Å². The monoisotopic (exact) mass is 788 g/mol. The minimum absolute atomic E-state index is 0.0771. The number of nitrogens with zero attached hydrogens (tertiary/aromatic N) is 8. The molecular weight excluding hydrogens is 742 g/mol. The Balaban J connectivity index is 1.12. The van der Waals surface area contributed by atoms with Gasteiger partial charge in [0.25, 0.3) is 0 Å². The number of benzene rings is 1. The first-order valence-corrected chi connectivity index (χ1v) is 20.6. The summed E-state index contributed by atoms with van der Waals surface area (Å²) in [6, 6.07) is 9.22. The third-order valence-electron chi connectivity index (χ3n) is 10.5. The molecule has 3 aromatic heterocycles. The molecule has 1 amide bonds. The smallest absolute Gasteiger partial charge is 0.367 e. The maximum absolute atomic E-state index is 13.1. The summed E-state index contributed by atoms with van der Waals surface area (Å²) in [6.45, 7) is 7.93. The van der Waals surface area contributed by atoms with Crippen LogP contribution in [0.5, 0.6) is 0 Å². The van der Waals surface area contributed by atoms with Gasteiger partial charge in [-0.25, -0.2) is 13.4 Å². The van der Waals surface area contributed by atoms with Crippen LogP contribution in [-0.4, -0.2) is 132 Å². The third-order valence-corrected chi connectivity index (χ3v) is 12.8. The van der Waals surface area contributed by atoms with Gasteiger partial charge in [0.15, 0.2) is 0 Å². The molecule has 0 spiro atoms. The lowest BCUT2D eigenvalue weighted by Crippen LogP contribution is -2.61. The SMILES string of the molecule is CNc1nc(NC2CCN(Cc3ccc4c(cc(C#N)n4C[C@H](C)N4CCN(S(C)(=O)=O)[C@H](C(=O)N(C)C)C4)c3C)CC2)c2cc(CC(F)(F)F)sc2n1. The molecule has 0 aliphatic carbocycles. The van der Waals surface area contributed by atoms with Gasteiger partial charge in [-0.2, -0.15) is 27.7 Å². The van der Waals surface area contributed by atoms with Crippen molar-refractivity contribution in [1.82, 2.24) is 33.5 Å². The number of likely N-dealkylation sites (N-methyl/N-ethyl adjacent to an activating group) is 1. The van der Waals surface area contributed by atoms with E-state index < -0.39 is 28.7 Å². The summed E-state index contributed by atoms with van der Waals surface area (Å²) in [7, 11) is 1.36. The van der Waals surface area contributed by atoms with Crippen LogP contribution in [0.1, 0.15) is 41.5 Å². The minimum Gasteiger partial charge on any atom is -0.367 e. The Morgan fingerprint density at radius 2 is 1.85 bits per heavy atom. The Kier molecular flexibility index (Phi) is 11.5. The van der Waals surface area contributed by atoms with Crippen LogP contribution in [0, 0.1) is 18.3 Å². The normalized spacial score (nSPS) is 18.9. The van der Waals surface area contributed by atoms with Gasteiger partial charge in [-0.3, -0.25) is 14.6 Å². The van der Waals surface area contributed by atoms with Gasteiger partial charge in [-0.15, -0.1) is 11.3 Å². The average Bonchev–Trinajstić information content (AvgIpc) is 3.68. The number of aryl methyl sites for hydroxylation is 1. The molecule has 54 heavy (non-hydrogen) atoms. The fraction of sp³-hybridized carbons (Fsp3) is 0.556. The summed E-state index contributed by atoms with van der Waals surface area (Å²) in [5.41, 5.74) is 3.75. The molecule has 2 saturated heterocycles. The maximum Gasteiger partial charge on any atom is 0.393 e. The number of sulfonamides is 1. The van der Waals surface area contributed by atoms with Gasteiger partial charge in [0.2, 0.25) is 21.9 Å². The minimum atomic E-state index is -4.30. The number of piperazine rings is 1. The standard InChI is InChI=1S/C36H47F3N10O3S2/c1-22(47-13-14-49(54(6,51)52)31(21-47)34(50)45(4)5)19-48-26(18-40)15-28-23(2)24(7-8-30(28)48)20-46-11-9-25(10-12-46)42-32-29-16-27(17-36(37,38)39)53-33(29)44-35(41-3)43-32/h7-8,15-16,22,25,31H,9-14,17,19-21H2,1-6H3,(H2,41,42,43,44)/t22-,31-/m0/s1. The van der Waals surface area contributed by atoms with Crippen molar-refractivity contribution in [3.8, 4) is 6.07 Å². The topological polar surface area (TPSA) is 143 Å². The van der Waals surface area contributed by atoms with Crippen LogP contribution >= 0.6 is 11.3 Å². The van der Waals surface area contributed by atoms with E-state index in [1.165, 1.54) is 9.21 Å². The Bertz CT molecular complexity index is 2170. The van der Waals surface area contributed by atoms with E-state index in [1.54, 1.807) is 27.2 Å². The van der Waals surface area contributed by atoms with E-state index in [4.69, 9.17) is 0 Å². The lowest BCUT2D eigenvalue weighted by Gasteiger charge is -2.42. The number of amides is 1. The second kappa shape index (κ2) is 15.6. The number of anilines is 2. The Morgan fingerprint density at radius 3 is 2.48 bits per heavy atom. The van der Waals surface area contributed by atoms with E-state index in [0.29, 0.717) is 40.8 Å². The molecule has 2 aliphatic heterocycles. The average molecular weight is 789 g/mol. The van der Waals surface area contributed by atoms with Crippen molar-refractivity contribution in [2.45, 2.75) is 70.5 Å². The van der Waals surface area contributed by atoms with Gasteiger partial charge in [0.05, 0.1) is 18.1 Å². The summed E-state index contributed by atoms with van der Waals surface area (Å²) >= 11 is 1.04. The number of alkyl halides is 3. The first-order chi connectivity index (χ1) is 25.4. The number of nitrogens with one attached hydrogen (secondary N) is 2. The summed E-state index contributed by atoms with van der Waals surface area (Å²) in [5, 5.41) is 18.2. The number of hydrogen-bond donors (Lipinski definition) is 2. The number of fused-ring (bicyclic) bond motifs is 2. The molecule has 0 unspecified atom stereocenters. The van der Waals surface area contributed by atoms with Crippen molar-refractivity contribution in [2.24, 2.45) is 0 Å². The highest BCUT2D eigenvalue weighted by molar-refractivity contribution is 7.88. The molecule has 0 saturated carbocycles. The lowest BCUT2D eigenvalue weighted by molar-refractivity contribution is -0.135. The zero-order valence-corrected chi connectivity index (χ0v) is 33.0. The van der Waals surface area contributed by atoms with Crippen molar-refractivity contribution in [3.63, 3.8) is 0 Å². The molecule has 2 atom stereocenters.